The Bertz CT molecular complexity index is 1010. The molecule has 168 valence electrons. The van der Waals surface area contributed by atoms with E-state index in [1.807, 2.05) is 18.2 Å². The average molecular weight is 432 g/mol. The lowest BCUT2D eigenvalue weighted by Gasteiger charge is -2.41. The molecule has 3 aliphatic heterocycles. The molecule has 0 radical (unpaired) electrons. The highest BCUT2D eigenvalue weighted by atomic mass is 16.2. The first kappa shape index (κ1) is 21.2. The van der Waals surface area contributed by atoms with E-state index in [0.29, 0.717) is 18.6 Å². The van der Waals surface area contributed by atoms with Gasteiger partial charge in [-0.3, -0.25) is 9.69 Å². The zero-order valence-electron chi connectivity index (χ0n) is 19.0. The van der Waals surface area contributed by atoms with Crippen LogP contribution in [-0.4, -0.2) is 73.1 Å². The van der Waals surface area contributed by atoms with E-state index in [9.17, 15) is 10.1 Å². The molecule has 0 aliphatic carbocycles. The molecular formula is C26H33N5O. The summed E-state index contributed by atoms with van der Waals surface area (Å²) in [6.07, 6.45) is 4.34. The fraction of sp³-hybridized carbons (Fsp3) is 0.538. The lowest BCUT2D eigenvalue weighted by molar-refractivity contribution is -0.123. The fourth-order valence-corrected chi connectivity index (χ4v) is 6.03. The monoisotopic (exact) mass is 431 g/mol. The van der Waals surface area contributed by atoms with Gasteiger partial charge in [0.25, 0.3) is 0 Å². The molecule has 3 saturated heterocycles. The van der Waals surface area contributed by atoms with E-state index in [4.69, 9.17) is 0 Å². The second-order valence-corrected chi connectivity index (χ2v) is 9.53. The number of carbonyl (C=O) groups is 1. The first-order valence-electron chi connectivity index (χ1n) is 12.1. The Morgan fingerprint density at radius 3 is 2.31 bits per heavy atom. The number of hydrogen-bond donors (Lipinski definition) is 1. The van der Waals surface area contributed by atoms with E-state index in [1.165, 1.54) is 18.5 Å². The van der Waals surface area contributed by atoms with Gasteiger partial charge in [0, 0.05) is 60.8 Å². The van der Waals surface area contributed by atoms with Crippen LogP contribution in [0.15, 0.2) is 36.4 Å². The molecule has 0 aromatic heterocycles. The number of carbonyl (C=O) groups excluding carboxylic acids is 1. The molecule has 2 bridgehead atoms. The smallest absolute Gasteiger partial charge is 0.234 e. The SMILES string of the molecule is CCN1CCN(CC(=O)NC2CC3CCC(C2)N3c2ccc(C#N)c3ccccc23)CC1. The van der Waals surface area contributed by atoms with Crippen molar-refractivity contribution in [3.05, 3.63) is 42.0 Å². The van der Waals surface area contributed by atoms with Crippen LogP contribution in [0.4, 0.5) is 5.69 Å². The predicted octanol–water partition coefficient (Wildman–Crippen LogP) is 2.96. The minimum absolute atomic E-state index is 0.177. The highest BCUT2D eigenvalue weighted by Gasteiger charge is 2.41. The minimum Gasteiger partial charge on any atom is -0.365 e. The topological polar surface area (TPSA) is 62.6 Å². The number of piperidine rings is 1. The van der Waals surface area contributed by atoms with Gasteiger partial charge in [-0.25, -0.2) is 0 Å². The molecule has 32 heavy (non-hydrogen) atoms. The van der Waals surface area contributed by atoms with Crippen LogP contribution in [0, 0.1) is 11.3 Å². The Morgan fingerprint density at radius 1 is 1.00 bits per heavy atom. The van der Waals surface area contributed by atoms with Crippen LogP contribution in [0.25, 0.3) is 10.8 Å². The average Bonchev–Trinajstić information content (AvgIpc) is 3.08. The number of anilines is 1. The van der Waals surface area contributed by atoms with Gasteiger partial charge in [-0.05, 0) is 44.4 Å². The van der Waals surface area contributed by atoms with Gasteiger partial charge in [-0.1, -0.05) is 31.2 Å². The van der Waals surface area contributed by atoms with Crippen LogP contribution < -0.4 is 10.2 Å². The van der Waals surface area contributed by atoms with Crippen molar-refractivity contribution < 1.29 is 4.79 Å². The number of likely N-dealkylation sites (N-methyl/N-ethyl adjacent to an activating group) is 1. The van der Waals surface area contributed by atoms with Crippen LogP contribution >= 0.6 is 0 Å². The lowest BCUT2D eigenvalue weighted by atomic mass is 9.94. The number of benzene rings is 2. The summed E-state index contributed by atoms with van der Waals surface area (Å²) in [5.74, 6) is 0.177. The van der Waals surface area contributed by atoms with Gasteiger partial charge < -0.3 is 15.1 Å². The van der Waals surface area contributed by atoms with Crippen molar-refractivity contribution >= 4 is 22.4 Å². The van der Waals surface area contributed by atoms with E-state index in [0.717, 1.165) is 61.9 Å². The van der Waals surface area contributed by atoms with Gasteiger partial charge in [0.1, 0.15) is 0 Å². The standard InChI is InChI=1S/C26H33N5O/c1-2-29-11-13-30(14-12-29)18-26(32)28-20-15-21-8-9-22(16-20)31(21)25-10-7-19(17-27)23-5-3-4-6-24(23)25/h3-7,10,20-22H,2,8-9,11-16,18H2,1H3,(H,28,32). The molecule has 2 aromatic rings. The van der Waals surface area contributed by atoms with Gasteiger partial charge in [0.2, 0.25) is 5.91 Å². The maximum Gasteiger partial charge on any atom is 0.234 e. The third kappa shape index (κ3) is 4.07. The molecule has 3 aliphatic rings. The van der Waals surface area contributed by atoms with Crippen molar-refractivity contribution in [2.24, 2.45) is 0 Å². The van der Waals surface area contributed by atoms with Gasteiger partial charge >= 0.3 is 0 Å². The van der Waals surface area contributed by atoms with Crippen molar-refractivity contribution in [2.75, 3.05) is 44.2 Å². The van der Waals surface area contributed by atoms with Crippen LogP contribution in [0.2, 0.25) is 0 Å². The highest BCUT2D eigenvalue weighted by molar-refractivity contribution is 5.98. The molecule has 5 rings (SSSR count). The summed E-state index contributed by atoms with van der Waals surface area (Å²) in [5, 5.41) is 15.1. The summed E-state index contributed by atoms with van der Waals surface area (Å²) in [6, 6.07) is 15.8. The van der Waals surface area contributed by atoms with Crippen LogP contribution in [0.1, 0.15) is 38.2 Å². The molecule has 1 N–H and O–H groups in total. The van der Waals surface area contributed by atoms with E-state index < -0.39 is 0 Å². The van der Waals surface area contributed by atoms with Gasteiger partial charge in [-0.2, -0.15) is 5.26 Å². The number of nitrogens with one attached hydrogen (secondary N) is 1. The molecule has 3 heterocycles. The molecule has 3 fully saturated rings. The highest BCUT2D eigenvalue weighted by Crippen LogP contribution is 2.42. The first-order chi connectivity index (χ1) is 15.7. The second-order valence-electron chi connectivity index (χ2n) is 9.53. The quantitative estimate of drug-likeness (QED) is 0.789. The normalized spacial score (nSPS) is 26.2. The van der Waals surface area contributed by atoms with E-state index in [1.54, 1.807) is 0 Å². The number of hydrogen-bond acceptors (Lipinski definition) is 5. The second kappa shape index (κ2) is 9.09. The Balaban J connectivity index is 1.24. The molecule has 0 spiro atoms. The van der Waals surface area contributed by atoms with Crippen LogP contribution in [-0.2, 0) is 4.79 Å². The molecule has 2 aromatic carbocycles. The minimum atomic E-state index is 0.177. The molecule has 0 saturated carbocycles. The number of piperazine rings is 1. The summed E-state index contributed by atoms with van der Waals surface area (Å²) < 4.78 is 0. The number of amides is 1. The van der Waals surface area contributed by atoms with Crippen LogP contribution in [0.5, 0.6) is 0 Å². The largest absolute Gasteiger partial charge is 0.365 e. The molecule has 6 heteroatoms. The van der Waals surface area contributed by atoms with Crippen molar-refractivity contribution in [2.45, 2.75) is 50.7 Å². The molecule has 2 atom stereocenters. The summed E-state index contributed by atoms with van der Waals surface area (Å²) in [7, 11) is 0. The van der Waals surface area contributed by atoms with Gasteiger partial charge in [-0.15, -0.1) is 0 Å². The predicted molar refractivity (Wildman–Crippen MR) is 128 cm³/mol. The first-order valence-corrected chi connectivity index (χ1v) is 12.1. The van der Waals surface area contributed by atoms with Crippen molar-refractivity contribution in [3.63, 3.8) is 0 Å². The Hall–Kier alpha value is -2.62. The molecule has 2 unspecified atom stereocenters. The van der Waals surface area contributed by atoms with Crippen molar-refractivity contribution in [1.82, 2.24) is 15.1 Å². The van der Waals surface area contributed by atoms with E-state index in [2.05, 4.69) is 51.2 Å². The van der Waals surface area contributed by atoms with E-state index in [-0.39, 0.29) is 11.9 Å². The van der Waals surface area contributed by atoms with Crippen LogP contribution in [0.3, 0.4) is 0 Å². The summed E-state index contributed by atoms with van der Waals surface area (Å²) in [6.45, 7) is 7.90. The maximum atomic E-state index is 12.8. The Labute approximate surface area is 190 Å². The maximum absolute atomic E-state index is 12.8. The number of fused-ring (bicyclic) bond motifs is 3. The number of nitriles is 1. The molecular weight excluding hydrogens is 398 g/mol. The third-order valence-corrected chi connectivity index (χ3v) is 7.68. The summed E-state index contributed by atoms with van der Waals surface area (Å²) in [5.41, 5.74) is 1.98. The van der Waals surface area contributed by atoms with Crippen molar-refractivity contribution in [1.29, 1.82) is 5.26 Å². The third-order valence-electron chi connectivity index (χ3n) is 7.68. The Kier molecular flexibility index (Phi) is 6.03. The Morgan fingerprint density at radius 2 is 1.66 bits per heavy atom. The summed E-state index contributed by atoms with van der Waals surface area (Å²) in [4.78, 5) is 20.1. The molecule has 1 amide bonds. The number of nitrogens with zero attached hydrogens (tertiary/aromatic N) is 4. The summed E-state index contributed by atoms with van der Waals surface area (Å²) >= 11 is 0. The number of rotatable bonds is 5. The lowest BCUT2D eigenvalue weighted by Crippen LogP contribution is -2.53. The van der Waals surface area contributed by atoms with Gasteiger partial charge in [0.15, 0.2) is 0 Å². The zero-order valence-corrected chi connectivity index (χ0v) is 19.0. The zero-order chi connectivity index (χ0) is 22.1. The van der Waals surface area contributed by atoms with Gasteiger partial charge in [0.05, 0.1) is 18.2 Å². The van der Waals surface area contributed by atoms with Crippen molar-refractivity contribution in [3.8, 4) is 6.07 Å². The molecule has 6 nitrogen and oxygen atoms in total. The fourth-order valence-electron chi connectivity index (χ4n) is 6.03. The van der Waals surface area contributed by atoms with E-state index >= 15 is 0 Å².